The number of aryl methyl sites for hydroxylation is 1. The van der Waals surface area contributed by atoms with Crippen LogP contribution in [0, 0.1) is 6.92 Å². The average molecular weight is 177 g/mol. The third-order valence-electron chi connectivity index (χ3n) is 2.70. The van der Waals surface area contributed by atoms with Crippen LogP contribution in [0.2, 0.25) is 0 Å². The number of hydrogen-bond donors (Lipinski definition) is 2. The van der Waals surface area contributed by atoms with Crippen molar-refractivity contribution >= 4 is 0 Å². The number of phenols is 1. The first-order valence-corrected chi connectivity index (χ1v) is 4.81. The first-order chi connectivity index (χ1) is 6.29. The molecule has 1 aliphatic rings. The normalized spacial score (nSPS) is 22.1. The second-order valence-electron chi connectivity index (χ2n) is 3.66. The summed E-state index contributed by atoms with van der Waals surface area (Å²) in [6.07, 6.45) is 2.34. The van der Waals surface area contributed by atoms with Crippen LogP contribution in [-0.2, 0) is 0 Å². The van der Waals surface area contributed by atoms with E-state index in [-0.39, 0.29) is 0 Å². The lowest BCUT2D eigenvalue weighted by Gasteiger charge is -2.13. The lowest BCUT2D eigenvalue weighted by atomic mass is 10.0. The molecule has 2 rings (SSSR count). The van der Waals surface area contributed by atoms with Gasteiger partial charge in [-0.2, -0.15) is 0 Å². The Bertz CT molecular complexity index is 303. The Labute approximate surface area is 78.6 Å². The van der Waals surface area contributed by atoms with Crippen LogP contribution in [0.15, 0.2) is 18.2 Å². The van der Waals surface area contributed by atoms with Gasteiger partial charge in [0, 0.05) is 11.6 Å². The molecule has 1 aromatic carbocycles. The minimum atomic E-state index is 0.361. The molecule has 0 amide bonds. The topological polar surface area (TPSA) is 32.3 Å². The highest BCUT2D eigenvalue weighted by Gasteiger charge is 2.19. The van der Waals surface area contributed by atoms with Crippen LogP contribution in [0.25, 0.3) is 0 Å². The third kappa shape index (κ3) is 1.54. The quantitative estimate of drug-likeness (QED) is 0.688. The molecule has 1 saturated heterocycles. The highest BCUT2D eigenvalue weighted by Crippen LogP contribution is 2.31. The molecule has 1 unspecified atom stereocenters. The second-order valence-corrected chi connectivity index (χ2v) is 3.66. The molecule has 1 atom stereocenters. The highest BCUT2D eigenvalue weighted by atomic mass is 16.3. The molecule has 2 N–H and O–H groups in total. The monoisotopic (exact) mass is 177 g/mol. The van der Waals surface area contributed by atoms with Crippen molar-refractivity contribution in [1.82, 2.24) is 5.32 Å². The Morgan fingerprint density at radius 1 is 1.46 bits per heavy atom. The zero-order valence-corrected chi connectivity index (χ0v) is 7.88. The summed E-state index contributed by atoms with van der Waals surface area (Å²) in [6.45, 7) is 3.01. The molecule has 1 aromatic rings. The van der Waals surface area contributed by atoms with E-state index < -0.39 is 0 Å². The molecule has 0 aromatic heterocycles. The van der Waals surface area contributed by atoms with Gasteiger partial charge in [-0.15, -0.1) is 0 Å². The van der Waals surface area contributed by atoms with Crippen LogP contribution in [0.1, 0.15) is 30.0 Å². The smallest absolute Gasteiger partial charge is 0.123 e. The Hall–Kier alpha value is -1.02. The largest absolute Gasteiger partial charge is 0.507 e. The SMILES string of the molecule is Cc1cccc(C2CCCN2)c1O. The summed E-state index contributed by atoms with van der Waals surface area (Å²) >= 11 is 0. The molecule has 0 spiro atoms. The predicted molar refractivity (Wildman–Crippen MR) is 52.8 cm³/mol. The fraction of sp³-hybridized carbons (Fsp3) is 0.455. The third-order valence-corrected chi connectivity index (χ3v) is 2.70. The molecule has 2 nitrogen and oxygen atoms in total. The van der Waals surface area contributed by atoms with Crippen molar-refractivity contribution in [3.05, 3.63) is 29.3 Å². The van der Waals surface area contributed by atoms with E-state index in [1.807, 2.05) is 25.1 Å². The molecule has 2 heteroatoms. The molecule has 13 heavy (non-hydrogen) atoms. The van der Waals surface area contributed by atoms with Crippen LogP contribution >= 0.6 is 0 Å². The summed E-state index contributed by atoms with van der Waals surface area (Å²) < 4.78 is 0. The van der Waals surface area contributed by atoms with Crippen molar-refractivity contribution < 1.29 is 5.11 Å². The Balaban J connectivity index is 2.33. The van der Waals surface area contributed by atoms with Gasteiger partial charge in [0.2, 0.25) is 0 Å². The molecule has 70 valence electrons. The first kappa shape index (κ1) is 8.57. The summed E-state index contributed by atoms with van der Waals surface area (Å²) in [5, 5.41) is 13.2. The lowest BCUT2D eigenvalue weighted by molar-refractivity contribution is 0.453. The van der Waals surface area contributed by atoms with Gasteiger partial charge in [-0.05, 0) is 31.9 Å². The van der Waals surface area contributed by atoms with Gasteiger partial charge in [-0.1, -0.05) is 18.2 Å². The number of nitrogens with one attached hydrogen (secondary N) is 1. The fourth-order valence-corrected chi connectivity index (χ4v) is 1.91. The molecule has 1 heterocycles. The van der Waals surface area contributed by atoms with E-state index >= 15 is 0 Å². The Kier molecular flexibility index (Phi) is 2.23. The summed E-state index contributed by atoms with van der Waals surface area (Å²) in [5.74, 6) is 0.460. The molecule has 0 radical (unpaired) electrons. The molecule has 1 fully saturated rings. The minimum Gasteiger partial charge on any atom is -0.507 e. The maximum atomic E-state index is 9.82. The number of para-hydroxylation sites is 1. The molecular formula is C11H15NO. The van der Waals surface area contributed by atoms with Crippen LogP contribution in [0.3, 0.4) is 0 Å². The van der Waals surface area contributed by atoms with Gasteiger partial charge in [0.1, 0.15) is 5.75 Å². The molecule has 1 aliphatic heterocycles. The summed E-state index contributed by atoms with van der Waals surface area (Å²) in [5.41, 5.74) is 2.02. The fourth-order valence-electron chi connectivity index (χ4n) is 1.91. The minimum absolute atomic E-state index is 0.361. The van der Waals surface area contributed by atoms with Crippen molar-refractivity contribution in [3.63, 3.8) is 0 Å². The molecule has 0 aliphatic carbocycles. The number of aromatic hydroxyl groups is 1. The first-order valence-electron chi connectivity index (χ1n) is 4.81. The van der Waals surface area contributed by atoms with Crippen molar-refractivity contribution in [2.75, 3.05) is 6.54 Å². The average Bonchev–Trinajstić information content (AvgIpc) is 2.62. The van der Waals surface area contributed by atoms with Crippen molar-refractivity contribution in [1.29, 1.82) is 0 Å². The van der Waals surface area contributed by atoms with E-state index in [1.54, 1.807) is 0 Å². The zero-order valence-electron chi connectivity index (χ0n) is 7.88. The van der Waals surface area contributed by atoms with Gasteiger partial charge in [0.05, 0.1) is 0 Å². The molecule has 0 bridgehead atoms. The van der Waals surface area contributed by atoms with Crippen molar-refractivity contribution in [2.24, 2.45) is 0 Å². The Morgan fingerprint density at radius 2 is 2.31 bits per heavy atom. The van der Waals surface area contributed by atoms with E-state index in [0.717, 1.165) is 24.1 Å². The van der Waals surface area contributed by atoms with Crippen LogP contribution in [0.5, 0.6) is 5.75 Å². The van der Waals surface area contributed by atoms with Gasteiger partial charge in [0.25, 0.3) is 0 Å². The van der Waals surface area contributed by atoms with Crippen LogP contribution < -0.4 is 5.32 Å². The highest BCUT2D eigenvalue weighted by molar-refractivity contribution is 5.41. The van der Waals surface area contributed by atoms with E-state index in [2.05, 4.69) is 5.32 Å². The zero-order chi connectivity index (χ0) is 9.26. The van der Waals surface area contributed by atoms with Gasteiger partial charge in [-0.25, -0.2) is 0 Å². The van der Waals surface area contributed by atoms with Crippen molar-refractivity contribution in [3.8, 4) is 5.75 Å². The number of hydrogen-bond acceptors (Lipinski definition) is 2. The molecular weight excluding hydrogens is 162 g/mol. The van der Waals surface area contributed by atoms with Crippen LogP contribution in [-0.4, -0.2) is 11.7 Å². The van der Waals surface area contributed by atoms with Crippen molar-refractivity contribution in [2.45, 2.75) is 25.8 Å². The maximum Gasteiger partial charge on any atom is 0.123 e. The van der Waals surface area contributed by atoms with Gasteiger partial charge < -0.3 is 10.4 Å². The standard InChI is InChI=1S/C11H15NO/c1-8-4-2-5-9(11(8)13)10-6-3-7-12-10/h2,4-5,10,12-13H,3,6-7H2,1H3. The lowest BCUT2D eigenvalue weighted by Crippen LogP contribution is -2.13. The Morgan fingerprint density at radius 3 is 3.00 bits per heavy atom. The number of rotatable bonds is 1. The van der Waals surface area contributed by atoms with E-state index in [1.165, 1.54) is 6.42 Å². The van der Waals surface area contributed by atoms with E-state index in [9.17, 15) is 5.11 Å². The summed E-state index contributed by atoms with van der Waals surface area (Å²) in [6, 6.07) is 6.31. The maximum absolute atomic E-state index is 9.82. The van der Waals surface area contributed by atoms with E-state index in [0.29, 0.717) is 11.8 Å². The summed E-state index contributed by atoms with van der Waals surface area (Å²) in [7, 11) is 0. The summed E-state index contributed by atoms with van der Waals surface area (Å²) in [4.78, 5) is 0. The van der Waals surface area contributed by atoms with Gasteiger partial charge in [-0.3, -0.25) is 0 Å². The van der Waals surface area contributed by atoms with E-state index in [4.69, 9.17) is 0 Å². The number of benzene rings is 1. The van der Waals surface area contributed by atoms with Gasteiger partial charge >= 0.3 is 0 Å². The predicted octanol–water partition coefficient (Wildman–Crippen LogP) is 2.13. The molecule has 0 saturated carbocycles. The van der Waals surface area contributed by atoms with Crippen LogP contribution in [0.4, 0.5) is 0 Å². The second kappa shape index (κ2) is 3.38. The number of phenolic OH excluding ortho intramolecular Hbond substituents is 1. The van der Waals surface area contributed by atoms with Gasteiger partial charge in [0.15, 0.2) is 0 Å².